The Labute approximate surface area is 125 Å². The van der Waals surface area contributed by atoms with Crippen molar-refractivity contribution in [3.63, 3.8) is 0 Å². The molecule has 1 N–H and O–H groups in total. The standard InChI is InChI=1S/C17H23FN2O/c18-15-7-3-4-8-16(15)19-17(21)12-20-10-9-13-5-1-2-6-14(13)11-20/h3-4,7-8,13-14H,1-2,5-6,9-12H2,(H,19,21)/t13-,14-/m0/s1. The van der Waals surface area contributed by atoms with Crippen LogP contribution in [0.25, 0.3) is 0 Å². The Bertz CT molecular complexity index is 505. The van der Waals surface area contributed by atoms with Crippen molar-refractivity contribution < 1.29 is 9.18 Å². The van der Waals surface area contributed by atoms with Gasteiger partial charge in [0, 0.05) is 6.54 Å². The van der Waals surface area contributed by atoms with Crippen LogP contribution in [-0.2, 0) is 4.79 Å². The minimum atomic E-state index is -0.378. The maximum atomic E-state index is 13.5. The quantitative estimate of drug-likeness (QED) is 0.926. The zero-order valence-electron chi connectivity index (χ0n) is 12.4. The number of nitrogens with one attached hydrogen (secondary N) is 1. The van der Waals surface area contributed by atoms with E-state index in [4.69, 9.17) is 0 Å². The molecule has 3 rings (SSSR count). The first-order valence-corrected chi connectivity index (χ1v) is 7.99. The number of para-hydroxylation sites is 1. The lowest BCUT2D eigenvalue weighted by molar-refractivity contribution is -0.118. The number of carbonyl (C=O) groups excluding carboxylic acids is 1. The van der Waals surface area contributed by atoms with Gasteiger partial charge in [0.1, 0.15) is 5.82 Å². The van der Waals surface area contributed by atoms with E-state index in [-0.39, 0.29) is 17.4 Å². The Balaban J connectivity index is 1.52. The van der Waals surface area contributed by atoms with Gasteiger partial charge in [0.2, 0.25) is 5.91 Å². The smallest absolute Gasteiger partial charge is 0.238 e. The molecule has 1 aromatic rings. The molecule has 0 spiro atoms. The van der Waals surface area contributed by atoms with E-state index in [0.717, 1.165) is 24.9 Å². The Morgan fingerprint density at radius 3 is 2.76 bits per heavy atom. The molecule has 1 aliphatic carbocycles. The van der Waals surface area contributed by atoms with Crippen molar-refractivity contribution in [3.05, 3.63) is 30.1 Å². The SMILES string of the molecule is O=C(CN1CC[C@@H]2CCCC[C@H]2C1)Nc1ccccc1F. The van der Waals surface area contributed by atoms with E-state index in [2.05, 4.69) is 10.2 Å². The van der Waals surface area contributed by atoms with Gasteiger partial charge in [-0.15, -0.1) is 0 Å². The molecule has 0 radical (unpaired) electrons. The van der Waals surface area contributed by atoms with Crippen molar-refractivity contribution in [1.29, 1.82) is 0 Å². The van der Waals surface area contributed by atoms with Crippen LogP contribution in [0.4, 0.5) is 10.1 Å². The van der Waals surface area contributed by atoms with Gasteiger partial charge in [0.25, 0.3) is 0 Å². The molecule has 1 saturated carbocycles. The Morgan fingerprint density at radius 2 is 1.95 bits per heavy atom. The molecule has 4 heteroatoms. The van der Waals surface area contributed by atoms with Crippen LogP contribution in [-0.4, -0.2) is 30.4 Å². The molecule has 1 aromatic carbocycles. The number of halogens is 1. The second kappa shape index (κ2) is 6.56. The van der Waals surface area contributed by atoms with Gasteiger partial charge in [0.05, 0.1) is 12.2 Å². The summed E-state index contributed by atoms with van der Waals surface area (Å²) in [6.45, 7) is 2.39. The van der Waals surface area contributed by atoms with Gasteiger partial charge in [-0.25, -0.2) is 4.39 Å². The van der Waals surface area contributed by atoms with E-state index in [0.29, 0.717) is 6.54 Å². The molecule has 2 aliphatic rings. The number of nitrogens with zero attached hydrogens (tertiary/aromatic N) is 1. The number of anilines is 1. The molecular formula is C17H23FN2O. The predicted molar refractivity (Wildman–Crippen MR) is 81.5 cm³/mol. The molecule has 1 aliphatic heterocycles. The molecule has 1 amide bonds. The number of hydrogen-bond donors (Lipinski definition) is 1. The summed E-state index contributed by atoms with van der Waals surface area (Å²) < 4.78 is 13.5. The van der Waals surface area contributed by atoms with Crippen LogP contribution in [0.1, 0.15) is 32.1 Å². The topological polar surface area (TPSA) is 32.3 Å². The number of rotatable bonds is 3. The third-order valence-electron chi connectivity index (χ3n) is 4.89. The lowest BCUT2D eigenvalue weighted by Crippen LogP contribution is -2.44. The minimum absolute atomic E-state index is 0.116. The molecule has 0 bridgehead atoms. The zero-order chi connectivity index (χ0) is 14.7. The molecule has 0 aromatic heterocycles. The number of carbonyl (C=O) groups is 1. The number of likely N-dealkylation sites (tertiary alicyclic amines) is 1. The molecule has 0 unspecified atom stereocenters. The van der Waals surface area contributed by atoms with Crippen molar-refractivity contribution >= 4 is 11.6 Å². The van der Waals surface area contributed by atoms with Crippen molar-refractivity contribution in [2.75, 3.05) is 25.0 Å². The molecule has 21 heavy (non-hydrogen) atoms. The summed E-state index contributed by atoms with van der Waals surface area (Å²) in [6.07, 6.45) is 6.57. The first-order valence-electron chi connectivity index (χ1n) is 7.99. The fourth-order valence-corrected chi connectivity index (χ4v) is 3.78. The van der Waals surface area contributed by atoms with Crippen LogP contribution < -0.4 is 5.32 Å². The highest BCUT2D eigenvalue weighted by molar-refractivity contribution is 5.92. The van der Waals surface area contributed by atoms with Crippen LogP contribution in [0, 0.1) is 17.7 Å². The lowest BCUT2D eigenvalue weighted by Gasteiger charge is -2.41. The summed E-state index contributed by atoms with van der Waals surface area (Å²) in [6, 6.07) is 6.31. The number of piperidine rings is 1. The lowest BCUT2D eigenvalue weighted by atomic mass is 9.75. The van der Waals surface area contributed by atoms with Gasteiger partial charge in [-0.3, -0.25) is 9.69 Å². The number of fused-ring (bicyclic) bond motifs is 1. The van der Waals surface area contributed by atoms with Gasteiger partial charge in [-0.05, 0) is 43.4 Å². The first kappa shape index (κ1) is 14.5. The molecule has 1 saturated heterocycles. The maximum Gasteiger partial charge on any atom is 0.238 e. The van der Waals surface area contributed by atoms with Gasteiger partial charge in [0.15, 0.2) is 0 Å². The highest BCUT2D eigenvalue weighted by Gasteiger charge is 2.31. The van der Waals surface area contributed by atoms with E-state index >= 15 is 0 Å². The Morgan fingerprint density at radius 1 is 1.19 bits per heavy atom. The molecule has 114 valence electrons. The summed E-state index contributed by atoms with van der Waals surface area (Å²) in [7, 11) is 0. The van der Waals surface area contributed by atoms with Crippen LogP contribution in [0.5, 0.6) is 0 Å². The second-order valence-electron chi connectivity index (χ2n) is 6.36. The molecule has 3 nitrogen and oxygen atoms in total. The van der Waals surface area contributed by atoms with Gasteiger partial charge < -0.3 is 5.32 Å². The average molecular weight is 290 g/mol. The summed E-state index contributed by atoms with van der Waals surface area (Å²) in [5, 5.41) is 2.67. The third-order valence-corrected chi connectivity index (χ3v) is 4.89. The summed E-state index contributed by atoms with van der Waals surface area (Å²) in [4.78, 5) is 14.3. The maximum absolute atomic E-state index is 13.5. The van der Waals surface area contributed by atoms with Crippen LogP contribution in [0.2, 0.25) is 0 Å². The van der Waals surface area contributed by atoms with E-state index in [1.165, 1.54) is 38.2 Å². The Kier molecular flexibility index (Phi) is 4.54. The number of benzene rings is 1. The first-order chi connectivity index (χ1) is 10.2. The van der Waals surface area contributed by atoms with Crippen LogP contribution in [0.15, 0.2) is 24.3 Å². The van der Waals surface area contributed by atoms with Gasteiger partial charge in [-0.2, -0.15) is 0 Å². The van der Waals surface area contributed by atoms with E-state index in [9.17, 15) is 9.18 Å². The molecule has 1 heterocycles. The number of amides is 1. The second-order valence-corrected chi connectivity index (χ2v) is 6.36. The minimum Gasteiger partial charge on any atom is -0.322 e. The van der Waals surface area contributed by atoms with Crippen molar-refractivity contribution in [2.45, 2.75) is 32.1 Å². The van der Waals surface area contributed by atoms with Crippen LogP contribution >= 0.6 is 0 Å². The van der Waals surface area contributed by atoms with E-state index < -0.39 is 0 Å². The highest BCUT2D eigenvalue weighted by atomic mass is 19.1. The highest BCUT2D eigenvalue weighted by Crippen LogP contribution is 2.35. The van der Waals surface area contributed by atoms with Gasteiger partial charge in [-0.1, -0.05) is 31.4 Å². The predicted octanol–water partition coefficient (Wildman–Crippen LogP) is 3.28. The molecular weight excluding hydrogens is 267 g/mol. The zero-order valence-corrected chi connectivity index (χ0v) is 12.4. The van der Waals surface area contributed by atoms with Gasteiger partial charge >= 0.3 is 0 Å². The normalized spacial score (nSPS) is 26.1. The fraction of sp³-hybridized carbons (Fsp3) is 0.588. The van der Waals surface area contributed by atoms with E-state index in [1.807, 2.05) is 0 Å². The summed E-state index contributed by atoms with van der Waals surface area (Å²) in [5.74, 6) is 1.13. The summed E-state index contributed by atoms with van der Waals surface area (Å²) >= 11 is 0. The molecule has 2 fully saturated rings. The van der Waals surface area contributed by atoms with Crippen molar-refractivity contribution in [2.24, 2.45) is 11.8 Å². The summed E-state index contributed by atoms with van der Waals surface area (Å²) in [5.41, 5.74) is 0.273. The largest absolute Gasteiger partial charge is 0.322 e. The fourth-order valence-electron chi connectivity index (χ4n) is 3.78. The molecule has 2 atom stereocenters. The van der Waals surface area contributed by atoms with Crippen molar-refractivity contribution in [3.8, 4) is 0 Å². The number of hydrogen-bond acceptors (Lipinski definition) is 2. The van der Waals surface area contributed by atoms with Crippen molar-refractivity contribution in [1.82, 2.24) is 4.90 Å². The monoisotopic (exact) mass is 290 g/mol. The average Bonchev–Trinajstić information content (AvgIpc) is 2.49. The third kappa shape index (κ3) is 3.62. The van der Waals surface area contributed by atoms with Crippen LogP contribution in [0.3, 0.4) is 0 Å². The Hall–Kier alpha value is -1.42. The van der Waals surface area contributed by atoms with E-state index in [1.54, 1.807) is 18.2 Å².